The van der Waals surface area contributed by atoms with E-state index in [9.17, 15) is 9.59 Å². The van der Waals surface area contributed by atoms with Gasteiger partial charge in [0.15, 0.2) is 5.82 Å². The van der Waals surface area contributed by atoms with Crippen LogP contribution in [0.5, 0.6) is 0 Å². The second-order valence-electron chi connectivity index (χ2n) is 5.91. The molecule has 2 aromatic heterocycles. The van der Waals surface area contributed by atoms with Gasteiger partial charge in [-0.05, 0) is 18.9 Å². The summed E-state index contributed by atoms with van der Waals surface area (Å²) in [5, 5.41) is 5.75. The number of carbonyl (C=O) groups is 1. The number of aryl methyl sites for hydroxylation is 1. The molecular formula is C16H21N5O3. The maximum absolute atomic E-state index is 12.2. The number of hydrogen-bond acceptors (Lipinski definition) is 5. The average Bonchev–Trinajstić information content (AvgIpc) is 3.09. The highest BCUT2D eigenvalue weighted by Gasteiger charge is 2.24. The normalized spacial score (nSPS) is 17.5. The summed E-state index contributed by atoms with van der Waals surface area (Å²) in [5.74, 6) is 0.435. The zero-order chi connectivity index (χ0) is 16.9. The molecule has 1 aliphatic heterocycles. The Hall–Kier alpha value is -2.77. The number of nitrogens with zero attached hydrogens (tertiary/aromatic N) is 3. The van der Waals surface area contributed by atoms with Crippen LogP contribution in [0.25, 0.3) is 0 Å². The van der Waals surface area contributed by atoms with Gasteiger partial charge >= 0.3 is 6.03 Å². The Labute approximate surface area is 139 Å². The number of rotatable bonds is 4. The summed E-state index contributed by atoms with van der Waals surface area (Å²) in [6, 6.07) is 1.56. The highest BCUT2D eigenvalue weighted by molar-refractivity contribution is 5.74. The highest BCUT2D eigenvalue weighted by Crippen LogP contribution is 2.14. The second kappa shape index (κ2) is 7.20. The van der Waals surface area contributed by atoms with Crippen molar-refractivity contribution in [3.63, 3.8) is 0 Å². The van der Waals surface area contributed by atoms with Gasteiger partial charge in [0, 0.05) is 50.7 Å². The Kier molecular flexibility index (Phi) is 4.83. The van der Waals surface area contributed by atoms with Gasteiger partial charge in [0.2, 0.25) is 0 Å². The number of hydrogen-bond donors (Lipinski definition) is 2. The molecule has 0 saturated carbocycles. The summed E-state index contributed by atoms with van der Waals surface area (Å²) in [7, 11) is 1.70. The van der Waals surface area contributed by atoms with E-state index in [4.69, 9.17) is 4.42 Å². The first kappa shape index (κ1) is 16.1. The molecule has 0 spiro atoms. The fourth-order valence-corrected chi connectivity index (χ4v) is 2.80. The molecule has 0 bridgehead atoms. The molecule has 8 heteroatoms. The van der Waals surface area contributed by atoms with Crippen molar-refractivity contribution in [1.82, 2.24) is 20.2 Å². The summed E-state index contributed by atoms with van der Waals surface area (Å²) >= 11 is 0. The first-order valence-electron chi connectivity index (χ1n) is 7.95. The Morgan fingerprint density at radius 1 is 1.50 bits per heavy atom. The zero-order valence-electron chi connectivity index (χ0n) is 13.6. The molecule has 1 saturated heterocycles. The summed E-state index contributed by atoms with van der Waals surface area (Å²) in [6.45, 7) is 1.76. The van der Waals surface area contributed by atoms with E-state index < -0.39 is 0 Å². The van der Waals surface area contributed by atoms with Gasteiger partial charge in [0.25, 0.3) is 5.56 Å². The molecule has 8 nitrogen and oxygen atoms in total. The standard InChI is InChI=1S/C16H21N5O3/c1-20-7-5-17-14(15(20)22)21-6-2-3-13(10-21)19-16(23)18-9-12-4-8-24-11-12/h4-5,7-8,11,13H,2-3,6,9-10H2,1H3,(H2,18,19,23). The molecule has 0 aromatic carbocycles. The lowest BCUT2D eigenvalue weighted by molar-refractivity contribution is 0.234. The van der Waals surface area contributed by atoms with Gasteiger partial charge in [-0.25, -0.2) is 9.78 Å². The number of furan rings is 1. The summed E-state index contributed by atoms with van der Waals surface area (Å²) in [4.78, 5) is 30.3. The van der Waals surface area contributed by atoms with Crippen molar-refractivity contribution in [1.29, 1.82) is 0 Å². The van der Waals surface area contributed by atoms with E-state index >= 15 is 0 Å². The van der Waals surface area contributed by atoms with E-state index in [0.29, 0.717) is 18.9 Å². The number of anilines is 1. The fraction of sp³-hybridized carbons (Fsp3) is 0.438. The molecule has 0 radical (unpaired) electrons. The first-order chi connectivity index (χ1) is 11.6. The molecule has 2 N–H and O–H groups in total. The molecule has 24 heavy (non-hydrogen) atoms. The van der Waals surface area contributed by atoms with Gasteiger partial charge in [0.05, 0.1) is 12.5 Å². The maximum atomic E-state index is 12.2. The number of aromatic nitrogens is 2. The van der Waals surface area contributed by atoms with E-state index in [1.807, 2.05) is 4.90 Å². The third-order valence-electron chi connectivity index (χ3n) is 4.09. The first-order valence-corrected chi connectivity index (χ1v) is 7.95. The average molecular weight is 331 g/mol. The van der Waals surface area contributed by atoms with Gasteiger partial charge in [-0.2, -0.15) is 0 Å². The Balaban J connectivity index is 1.56. The van der Waals surface area contributed by atoms with Crippen molar-refractivity contribution < 1.29 is 9.21 Å². The third kappa shape index (κ3) is 3.76. The molecule has 1 fully saturated rings. The van der Waals surface area contributed by atoms with Crippen LogP contribution in [0.15, 0.2) is 40.2 Å². The third-order valence-corrected chi connectivity index (χ3v) is 4.09. The second-order valence-corrected chi connectivity index (χ2v) is 5.91. The quantitative estimate of drug-likeness (QED) is 0.866. The lowest BCUT2D eigenvalue weighted by Gasteiger charge is -2.33. The molecular weight excluding hydrogens is 310 g/mol. The van der Waals surface area contributed by atoms with Gasteiger partial charge in [-0.15, -0.1) is 0 Å². The van der Waals surface area contributed by atoms with Crippen LogP contribution in [-0.4, -0.2) is 34.7 Å². The number of urea groups is 1. The van der Waals surface area contributed by atoms with Crippen LogP contribution >= 0.6 is 0 Å². The van der Waals surface area contributed by atoms with E-state index in [1.54, 1.807) is 38.0 Å². The lowest BCUT2D eigenvalue weighted by atomic mass is 10.1. The van der Waals surface area contributed by atoms with Crippen LogP contribution in [0.2, 0.25) is 0 Å². The van der Waals surface area contributed by atoms with Crippen molar-refractivity contribution in [2.75, 3.05) is 18.0 Å². The van der Waals surface area contributed by atoms with Crippen molar-refractivity contribution in [3.8, 4) is 0 Å². The minimum Gasteiger partial charge on any atom is -0.472 e. The molecule has 2 amide bonds. The van der Waals surface area contributed by atoms with Crippen molar-refractivity contribution in [2.24, 2.45) is 7.05 Å². The Morgan fingerprint density at radius 3 is 3.17 bits per heavy atom. The minimum absolute atomic E-state index is 0.0187. The molecule has 1 aliphatic rings. The van der Waals surface area contributed by atoms with E-state index in [1.165, 1.54) is 4.57 Å². The van der Waals surface area contributed by atoms with Crippen molar-refractivity contribution >= 4 is 11.8 Å². The largest absolute Gasteiger partial charge is 0.472 e. The van der Waals surface area contributed by atoms with Crippen molar-refractivity contribution in [2.45, 2.75) is 25.4 Å². The molecule has 2 aromatic rings. The Morgan fingerprint density at radius 2 is 2.38 bits per heavy atom. The molecule has 3 heterocycles. The van der Waals surface area contributed by atoms with Gasteiger partial charge in [-0.1, -0.05) is 0 Å². The highest BCUT2D eigenvalue weighted by atomic mass is 16.3. The predicted molar refractivity (Wildman–Crippen MR) is 88.8 cm³/mol. The van der Waals surface area contributed by atoms with Crippen LogP contribution < -0.4 is 21.1 Å². The maximum Gasteiger partial charge on any atom is 0.315 e. The zero-order valence-corrected chi connectivity index (χ0v) is 13.6. The van der Waals surface area contributed by atoms with Gasteiger partial charge < -0.3 is 24.5 Å². The van der Waals surface area contributed by atoms with Crippen LogP contribution in [0, 0.1) is 0 Å². The van der Waals surface area contributed by atoms with Crippen molar-refractivity contribution in [3.05, 3.63) is 46.9 Å². The number of piperidine rings is 1. The monoisotopic (exact) mass is 331 g/mol. The lowest BCUT2D eigenvalue weighted by Crippen LogP contribution is -2.51. The number of amides is 2. The molecule has 1 atom stereocenters. The predicted octanol–water partition coefficient (Wildman–Crippen LogP) is 0.841. The van der Waals surface area contributed by atoms with Gasteiger partial charge in [0.1, 0.15) is 0 Å². The number of nitrogens with one attached hydrogen (secondary N) is 2. The van der Waals surface area contributed by atoms with Crippen LogP contribution in [-0.2, 0) is 13.6 Å². The van der Waals surface area contributed by atoms with Crippen LogP contribution in [0.1, 0.15) is 18.4 Å². The number of carbonyl (C=O) groups excluding carboxylic acids is 1. The molecule has 0 aliphatic carbocycles. The SMILES string of the molecule is Cn1ccnc(N2CCCC(NC(=O)NCc3ccoc3)C2)c1=O. The molecule has 3 rings (SSSR count). The molecule has 128 valence electrons. The smallest absolute Gasteiger partial charge is 0.315 e. The Bertz CT molecular complexity index is 740. The minimum atomic E-state index is -0.225. The van der Waals surface area contributed by atoms with E-state index in [-0.39, 0.29) is 17.6 Å². The van der Waals surface area contributed by atoms with Crippen LogP contribution in [0.3, 0.4) is 0 Å². The van der Waals surface area contributed by atoms with E-state index in [2.05, 4.69) is 15.6 Å². The van der Waals surface area contributed by atoms with Crippen LogP contribution in [0.4, 0.5) is 10.6 Å². The fourth-order valence-electron chi connectivity index (χ4n) is 2.80. The summed E-state index contributed by atoms with van der Waals surface area (Å²) < 4.78 is 6.47. The summed E-state index contributed by atoms with van der Waals surface area (Å²) in [5.41, 5.74) is 0.787. The summed E-state index contributed by atoms with van der Waals surface area (Å²) in [6.07, 6.45) is 8.19. The molecule has 1 unspecified atom stereocenters. The van der Waals surface area contributed by atoms with Gasteiger partial charge in [-0.3, -0.25) is 4.79 Å². The van der Waals surface area contributed by atoms with E-state index in [0.717, 1.165) is 24.9 Å². The topological polar surface area (TPSA) is 92.4 Å².